The van der Waals surface area contributed by atoms with E-state index >= 15 is 0 Å². The Hall–Kier alpha value is -4.41. The van der Waals surface area contributed by atoms with Crippen LogP contribution < -0.4 is 0 Å². The van der Waals surface area contributed by atoms with Gasteiger partial charge in [-0.1, -0.05) is 36.4 Å². The Bertz CT molecular complexity index is 1510. The summed E-state index contributed by atoms with van der Waals surface area (Å²) in [5.41, 5.74) is 1.94. The van der Waals surface area contributed by atoms with E-state index < -0.39 is 11.7 Å². The zero-order valence-corrected chi connectivity index (χ0v) is 25.3. The molecule has 3 aromatic rings. The Morgan fingerprint density at radius 2 is 1.29 bits per heavy atom. The Kier molecular flexibility index (Phi) is 9.45. The second kappa shape index (κ2) is 13.3. The minimum atomic E-state index is -4.40. The third kappa shape index (κ3) is 7.46. The molecule has 0 saturated carbocycles. The highest BCUT2D eigenvalue weighted by Gasteiger charge is 2.37. The lowest BCUT2D eigenvalue weighted by Crippen LogP contribution is -2.47. The Balaban J connectivity index is 1.10. The van der Waals surface area contributed by atoms with Crippen molar-refractivity contribution in [2.75, 3.05) is 40.3 Å². The van der Waals surface area contributed by atoms with Gasteiger partial charge in [0.05, 0.1) is 17.6 Å². The second-order valence-corrected chi connectivity index (χ2v) is 11.8. The van der Waals surface area contributed by atoms with Gasteiger partial charge in [0.1, 0.15) is 5.82 Å². The molecule has 0 aliphatic carbocycles. The van der Waals surface area contributed by atoms with Crippen molar-refractivity contribution in [3.8, 4) is 11.1 Å². The Morgan fingerprint density at radius 1 is 0.756 bits per heavy atom. The van der Waals surface area contributed by atoms with Crippen LogP contribution >= 0.6 is 0 Å². The summed E-state index contributed by atoms with van der Waals surface area (Å²) in [6, 6.07) is 17.3. The van der Waals surface area contributed by atoms with Gasteiger partial charge in [-0.05, 0) is 72.4 Å². The molecular weight excluding hydrogens is 588 g/mol. The number of rotatable bonds is 7. The van der Waals surface area contributed by atoms with Gasteiger partial charge in [-0.3, -0.25) is 9.59 Å². The molecule has 2 aliphatic heterocycles. The average Bonchev–Trinajstić information content (AvgIpc) is 3.74. The first-order valence-electron chi connectivity index (χ1n) is 15.0. The van der Waals surface area contributed by atoms with Gasteiger partial charge >= 0.3 is 12.2 Å². The first-order valence-corrected chi connectivity index (χ1v) is 15.0. The number of hydrogen-bond acceptors (Lipinski definition) is 3. The lowest BCUT2D eigenvalue weighted by molar-refractivity contribution is -0.137. The summed E-state index contributed by atoms with van der Waals surface area (Å²) >= 11 is 0. The topological polar surface area (TPSA) is 64.2 Å². The molecule has 0 aromatic heterocycles. The number of alkyl halides is 3. The quantitative estimate of drug-likeness (QED) is 0.306. The maximum Gasteiger partial charge on any atom is 0.416 e. The van der Waals surface area contributed by atoms with Crippen molar-refractivity contribution in [1.82, 2.24) is 19.6 Å². The number of amides is 4. The van der Waals surface area contributed by atoms with Crippen molar-refractivity contribution in [3.05, 3.63) is 95.3 Å². The molecule has 0 N–H and O–H groups in total. The van der Waals surface area contributed by atoms with E-state index in [4.69, 9.17) is 0 Å². The van der Waals surface area contributed by atoms with Crippen LogP contribution in [0, 0.1) is 5.82 Å². The summed E-state index contributed by atoms with van der Waals surface area (Å²) in [5, 5.41) is 0. The average molecular weight is 625 g/mol. The van der Waals surface area contributed by atoms with Gasteiger partial charge in [-0.2, -0.15) is 13.2 Å². The highest BCUT2D eigenvalue weighted by atomic mass is 19.4. The number of nitrogens with zero attached hydrogens (tertiary/aromatic N) is 4. The van der Waals surface area contributed by atoms with Gasteiger partial charge in [-0.15, -0.1) is 0 Å². The van der Waals surface area contributed by atoms with Crippen LogP contribution in [0.25, 0.3) is 11.1 Å². The standard InChI is InChI=1S/C34H36F4N4O3/c1-39(32(44)26-8-6-24(7-9-26)25-10-12-27(13-11-25)34(36,37)38)29-18-20-42(22-29)33(45)40(2)30-17-19-41(21-30)31(43)16-5-23-3-14-28(35)15-4-23/h3-4,6-15,29-30H,5,16-22H2,1-2H3/t29-,30?/m0/s1. The maximum atomic E-state index is 13.4. The van der Waals surface area contributed by atoms with Gasteiger partial charge < -0.3 is 19.6 Å². The van der Waals surface area contributed by atoms with E-state index in [1.165, 1.54) is 24.3 Å². The first-order chi connectivity index (χ1) is 21.4. The number of benzene rings is 3. The summed E-state index contributed by atoms with van der Waals surface area (Å²) in [6.45, 7) is 1.93. The lowest BCUT2D eigenvalue weighted by atomic mass is 10.0. The largest absolute Gasteiger partial charge is 0.416 e. The van der Waals surface area contributed by atoms with Gasteiger partial charge in [0.15, 0.2) is 0 Å². The molecule has 1 unspecified atom stereocenters. The van der Waals surface area contributed by atoms with Crippen LogP contribution in [-0.2, 0) is 17.4 Å². The van der Waals surface area contributed by atoms with E-state index in [9.17, 15) is 31.9 Å². The van der Waals surface area contributed by atoms with Crippen LogP contribution in [0.15, 0.2) is 72.8 Å². The number of aryl methyl sites for hydroxylation is 1. The molecule has 7 nitrogen and oxygen atoms in total. The fourth-order valence-corrected chi connectivity index (χ4v) is 5.98. The van der Waals surface area contributed by atoms with Crippen molar-refractivity contribution in [3.63, 3.8) is 0 Å². The van der Waals surface area contributed by atoms with Crippen LogP contribution in [0.3, 0.4) is 0 Å². The van der Waals surface area contributed by atoms with Crippen LogP contribution in [0.2, 0.25) is 0 Å². The van der Waals surface area contributed by atoms with Gasteiger partial charge in [0, 0.05) is 52.3 Å². The number of halogens is 4. The molecule has 3 aromatic carbocycles. The summed E-state index contributed by atoms with van der Waals surface area (Å²) in [7, 11) is 3.46. The summed E-state index contributed by atoms with van der Waals surface area (Å²) in [5.74, 6) is -0.502. The number of carbonyl (C=O) groups excluding carboxylic acids is 3. The van der Waals surface area contributed by atoms with Crippen molar-refractivity contribution < 1.29 is 31.9 Å². The van der Waals surface area contributed by atoms with E-state index in [1.807, 2.05) is 0 Å². The molecule has 45 heavy (non-hydrogen) atoms. The SMILES string of the molecule is CN(C(=O)N1CC[C@H](N(C)C(=O)c2ccc(-c3ccc(C(F)(F)F)cc3)cc2)C1)C1CCN(C(=O)CCc2ccc(F)cc2)C1. The van der Waals surface area contributed by atoms with Gasteiger partial charge in [0.2, 0.25) is 5.91 Å². The molecule has 4 amide bonds. The minimum Gasteiger partial charge on any atom is -0.341 e. The highest BCUT2D eigenvalue weighted by Crippen LogP contribution is 2.31. The minimum absolute atomic E-state index is 0.0106. The normalized spacial score (nSPS) is 18.3. The fraction of sp³-hybridized carbons (Fsp3) is 0.382. The van der Waals surface area contributed by atoms with Crippen molar-refractivity contribution in [1.29, 1.82) is 0 Å². The van der Waals surface area contributed by atoms with Gasteiger partial charge in [-0.25, -0.2) is 9.18 Å². The van der Waals surface area contributed by atoms with Crippen molar-refractivity contribution in [2.45, 2.75) is 43.9 Å². The van der Waals surface area contributed by atoms with E-state index in [0.29, 0.717) is 68.6 Å². The van der Waals surface area contributed by atoms with Crippen molar-refractivity contribution in [2.24, 2.45) is 0 Å². The molecule has 5 rings (SSSR count). The predicted molar refractivity (Wildman–Crippen MR) is 162 cm³/mol. The number of urea groups is 1. The zero-order chi connectivity index (χ0) is 32.3. The van der Waals surface area contributed by atoms with E-state index in [-0.39, 0.29) is 35.7 Å². The summed E-state index contributed by atoms with van der Waals surface area (Å²) in [4.78, 5) is 46.2. The third-order valence-corrected chi connectivity index (χ3v) is 8.89. The highest BCUT2D eigenvalue weighted by molar-refractivity contribution is 5.95. The summed E-state index contributed by atoms with van der Waals surface area (Å²) in [6.07, 6.45) is -2.24. The third-order valence-electron chi connectivity index (χ3n) is 8.89. The zero-order valence-electron chi connectivity index (χ0n) is 25.3. The monoisotopic (exact) mass is 624 g/mol. The number of likely N-dealkylation sites (tertiary alicyclic amines) is 2. The molecule has 11 heteroatoms. The molecule has 2 saturated heterocycles. The van der Waals surface area contributed by atoms with Gasteiger partial charge in [0.25, 0.3) is 5.91 Å². The number of hydrogen-bond donors (Lipinski definition) is 0. The molecule has 0 bridgehead atoms. The van der Waals surface area contributed by atoms with Crippen molar-refractivity contribution >= 4 is 17.8 Å². The molecule has 2 heterocycles. The lowest BCUT2D eigenvalue weighted by Gasteiger charge is -2.30. The van der Waals surface area contributed by atoms with E-state index in [2.05, 4.69) is 0 Å². The molecule has 2 aliphatic rings. The number of carbonyl (C=O) groups is 3. The molecule has 0 spiro atoms. The molecule has 2 fully saturated rings. The molecular formula is C34H36F4N4O3. The summed E-state index contributed by atoms with van der Waals surface area (Å²) < 4.78 is 51.8. The predicted octanol–water partition coefficient (Wildman–Crippen LogP) is 5.94. The molecule has 238 valence electrons. The van der Waals surface area contributed by atoms with E-state index in [0.717, 1.165) is 17.7 Å². The Morgan fingerprint density at radius 3 is 1.89 bits per heavy atom. The number of likely N-dealkylation sites (N-methyl/N-ethyl adjacent to an activating group) is 2. The van der Waals surface area contributed by atoms with Crippen LogP contribution in [-0.4, -0.2) is 89.8 Å². The van der Waals surface area contributed by atoms with Crippen LogP contribution in [0.4, 0.5) is 22.4 Å². The molecule has 2 atom stereocenters. The van der Waals surface area contributed by atoms with Crippen LogP contribution in [0.5, 0.6) is 0 Å². The van der Waals surface area contributed by atoms with E-state index in [1.54, 1.807) is 70.1 Å². The second-order valence-electron chi connectivity index (χ2n) is 11.8. The maximum absolute atomic E-state index is 13.4. The fourth-order valence-electron chi connectivity index (χ4n) is 5.98. The van der Waals surface area contributed by atoms with Crippen LogP contribution in [0.1, 0.15) is 40.7 Å². The molecule has 0 radical (unpaired) electrons. The first kappa shape index (κ1) is 32.0. The Labute approximate surface area is 260 Å². The smallest absolute Gasteiger partial charge is 0.341 e.